The molecule has 0 heterocycles. The van der Waals surface area contributed by atoms with Crippen LogP contribution < -0.4 is 58.4 Å². The van der Waals surface area contributed by atoms with E-state index in [0.29, 0.717) is 109 Å². The zero-order valence-electron chi connectivity index (χ0n) is 40.0. The molecule has 10 aliphatic carbocycles. The predicted molar refractivity (Wildman–Crippen MR) is 256 cm³/mol. The summed E-state index contributed by atoms with van der Waals surface area (Å²) in [6.45, 7) is 3.53. The van der Waals surface area contributed by atoms with Gasteiger partial charge in [-0.15, -0.1) is 0 Å². The lowest BCUT2D eigenvalue weighted by atomic mass is 9.94. The number of benzene rings is 5. The van der Waals surface area contributed by atoms with Crippen molar-refractivity contribution < 1.29 is 52.2 Å². The highest BCUT2D eigenvalue weighted by atomic mass is 16.5. The molecule has 1 amide bonds. The van der Waals surface area contributed by atoms with Crippen LogP contribution in [0.4, 0.5) is 0 Å². The number of rotatable bonds is 19. The molecule has 10 aliphatic rings. The Morgan fingerprint density at radius 1 is 0.424 bits per heavy atom. The van der Waals surface area contributed by atoms with Crippen LogP contribution in [0.1, 0.15) is 88.2 Å². The monoisotopic (exact) mass is 906 g/mol. The van der Waals surface area contributed by atoms with E-state index in [1.807, 2.05) is 60.7 Å². The van der Waals surface area contributed by atoms with Gasteiger partial charge in [0.2, 0.25) is 0 Å². The quantitative estimate of drug-likeness (QED) is 0.0752. The Labute approximate surface area is 389 Å². The van der Waals surface area contributed by atoms with Crippen LogP contribution in [0.15, 0.2) is 60.7 Å². The number of ether oxygens (including phenoxy) is 10. The van der Waals surface area contributed by atoms with Crippen LogP contribution in [-0.4, -0.2) is 89.1 Å². The molecule has 0 unspecified atom stereocenters. The van der Waals surface area contributed by atoms with E-state index >= 15 is 0 Å². The van der Waals surface area contributed by atoms with Crippen molar-refractivity contribution in [3.8, 4) is 57.5 Å². The molecule has 5 aromatic carbocycles. The van der Waals surface area contributed by atoms with E-state index in [2.05, 4.69) is 12.2 Å². The minimum Gasteiger partial charge on any atom is -0.496 e. The van der Waals surface area contributed by atoms with Gasteiger partial charge in [0.25, 0.3) is 5.91 Å². The number of hydrogen-bond donors (Lipinski definition) is 2. The number of carbonyl (C=O) groups is 1. The Morgan fingerprint density at radius 3 is 0.970 bits per heavy atom. The Bertz CT molecular complexity index is 2450. The lowest BCUT2D eigenvalue weighted by Crippen LogP contribution is -2.30. The molecule has 354 valence electrons. The van der Waals surface area contributed by atoms with Gasteiger partial charge in [-0.1, -0.05) is 13.3 Å². The number of carbonyl (C=O) groups excluding carboxylic acids is 1. The van der Waals surface area contributed by atoms with Crippen LogP contribution in [0.5, 0.6) is 57.5 Å². The highest BCUT2D eigenvalue weighted by molar-refractivity contribution is 5.77. The highest BCUT2D eigenvalue weighted by Crippen LogP contribution is 2.42. The summed E-state index contributed by atoms with van der Waals surface area (Å²) >= 11 is 0. The van der Waals surface area contributed by atoms with Crippen LogP contribution in [0.25, 0.3) is 0 Å². The van der Waals surface area contributed by atoms with Gasteiger partial charge in [0.05, 0.1) is 63.5 Å². The smallest absolute Gasteiger partial charge is 0.257 e. The van der Waals surface area contributed by atoms with Gasteiger partial charge in [-0.3, -0.25) is 4.79 Å². The largest absolute Gasteiger partial charge is 0.496 e. The van der Waals surface area contributed by atoms with Crippen LogP contribution in [0.3, 0.4) is 0 Å². The number of methoxy groups -OCH3 is 8. The first-order valence-corrected chi connectivity index (χ1v) is 22.5. The van der Waals surface area contributed by atoms with Crippen LogP contribution in [0, 0.1) is 0 Å². The first-order chi connectivity index (χ1) is 32.1. The molecule has 0 saturated carbocycles. The third-order valence-electron chi connectivity index (χ3n) is 11.9. The molecule has 13 nitrogen and oxygen atoms in total. The van der Waals surface area contributed by atoms with Crippen LogP contribution in [0.2, 0.25) is 0 Å². The molecule has 5 aromatic rings. The molecule has 0 spiro atoms. The number of nitrogens with two attached hydrogens (primary N) is 1. The second-order valence-electron chi connectivity index (χ2n) is 16.2. The minimum absolute atomic E-state index is 0.185. The van der Waals surface area contributed by atoms with Gasteiger partial charge < -0.3 is 58.4 Å². The maximum Gasteiger partial charge on any atom is 0.257 e. The van der Waals surface area contributed by atoms with Crippen molar-refractivity contribution in [1.29, 1.82) is 0 Å². The lowest BCUT2D eigenvalue weighted by Gasteiger charge is -2.21. The van der Waals surface area contributed by atoms with Crippen LogP contribution >= 0.6 is 0 Å². The molecule has 13 heteroatoms. The van der Waals surface area contributed by atoms with E-state index in [4.69, 9.17) is 53.1 Å². The average Bonchev–Trinajstić information content (AvgIpc) is 3.33. The summed E-state index contributed by atoms with van der Waals surface area (Å²) in [7, 11) is 13.3. The summed E-state index contributed by atoms with van der Waals surface area (Å²) in [5, 5.41) is 2.96. The fraction of sp³-hybridized carbons (Fsp3) is 0.415. The van der Waals surface area contributed by atoms with Gasteiger partial charge in [-0.05, 0) is 86.5 Å². The summed E-state index contributed by atoms with van der Waals surface area (Å²) in [5.41, 5.74) is 14.5. The van der Waals surface area contributed by atoms with Gasteiger partial charge >= 0.3 is 0 Å². The molecule has 0 radical (unpaired) electrons. The summed E-state index contributed by atoms with van der Waals surface area (Å²) in [5.74, 6) is 6.43. The molecule has 0 atom stereocenters. The number of unbranched alkanes of at least 4 members (excludes halogenated alkanes) is 2. The van der Waals surface area contributed by atoms with Crippen molar-refractivity contribution >= 4 is 5.91 Å². The molecule has 3 N–H and O–H groups in total. The Hall–Kier alpha value is -6.47. The normalized spacial score (nSPS) is 12.0. The molecular weight excluding hydrogens is 841 g/mol. The zero-order valence-corrected chi connectivity index (χ0v) is 40.0. The summed E-state index contributed by atoms with van der Waals surface area (Å²) in [6, 6.07) is 20.1. The van der Waals surface area contributed by atoms with Gasteiger partial charge in [0.15, 0.2) is 6.61 Å². The standard InChI is InChI=1S/C53H66N2O11/c1-10-11-16-65-51-30-42-21-40-29-48(62-7)38(27-50(40)64-9)19-36-25-44(58-3)34(23-46(36)60-5)17-33-22-45(59-4)35(24-43(33)57-2)18-37-26-49(63-8)39(28-47(37)61-6)20-41(51)31-52(42)66-32-53(56)55-15-13-12-14-54/h22-31H,10-21,32,54H2,1-9H3,(H,55,56). The summed E-state index contributed by atoms with van der Waals surface area (Å²) < 4.78 is 61.5. The van der Waals surface area contributed by atoms with E-state index in [1.165, 1.54) is 0 Å². The van der Waals surface area contributed by atoms with Gasteiger partial charge in [0.1, 0.15) is 57.5 Å². The number of amides is 1. The highest BCUT2D eigenvalue weighted by Gasteiger charge is 2.24. The maximum atomic E-state index is 13.1. The van der Waals surface area contributed by atoms with E-state index in [9.17, 15) is 4.79 Å². The molecular formula is C53H66N2O11. The Morgan fingerprint density at radius 2 is 0.697 bits per heavy atom. The molecule has 0 fully saturated rings. The van der Waals surface area contributed by atoms with Crippen molar-refractivity contribution in [3.63, 3.8) is 0 Å². The molecule has 0 aromatic heterocycles. The van der Waals surface area contributed by atoms with Crippen molar-refractivity contribution in [2.75, 3.05) is 83.2 Å². The fourth-order valence-corrected chi connectivity index (χ4v) is 8.43. The second-order valence-corrected chi connectivity index (χ2v) is 16.2. The van der Waals surface area contributed by atoms with Gasteiger partial charge in [-0.25, -0.2) is 0 Å². The Balaban J connectivity index is 1.59. The zero-order chi connectivity index (χ0) is 47.2. The fourth-order valence-electron chi connectivity index (χ4n) is 8.43. The molecule has 0 aliphatic heterocycles. The molecule has 10 bridgehead atoms. The first-order valence-electron chi connectivity index (χ1n) is 22.5. The van der Waals surface area contributed by atoms with Crippen molar-refractivity contribution in [2.24, 2.45) is 5.73 Å². The number of nitrogens with one attached hydrogen (secondary N) is 1. The SMILES string of the molecule is CCCCOc1cc2c(OCC(=O)NCCCCN)cc1Cc1cc(OC)c(cc1OC)Cc1cc(OC)c(cc1OC)Cc1cc(OC)c(cc1OC)Cc1cc(OC)c(cc1OC)C2. The van der Waals surface area contributed by atoms with Crippen molar-refractivity contribution in [1.82, 2.24) is 5.32 Å². The maximum absolute atomic E-state index is 13.1. The minimum atomic E-state index is -0.229. The van der Waals surface area contributed by atoms with E-state index in [1.54, 1.807) is 56.9 Å². The summed E-state index contributed by atoms with van der Waals surface area (Å²) in [6.07, 6.45) is 5.61. The lowest BCUT2D eigenvalue weighted by molar-refractivity contribution is -0.123. The van der Waals surface area contributed by atoms with E-state index in [0.717, 1.165) is 81.3 Å². The topological polar surface area (TPSA) is 147 Å². The average molecular weight is 907 g/mol. The summed E-state index contributed by atoms with van der Waals surface area (Å²) in [4.78, 5) is 13.1. The van der Waals surface area contributed by atoms with Crippen molar-refractivity contribution in [2.45, 2.75) is 64.7 Å². The predicted octanol–water partition coefficient (Wildman–Crippen LogP) is 8.44. The van der Waals surface area contributed by atoms with Gasteiger partial charge in [-0.2, -0.15) is 0 Å². The first kappa shape index (κ1) is 49.0. The third-order valence-corrected chi connectivity index (χ3v) is 11.9. The molecule has 66 heavy (non-hydrogen) atoms. The van der Waals surface area contributed by atoms with Crippen LogP contribution in [-0.2, 0) is 36.9 Å². The third kappa shape index (κ3) is 11.7. The van der Waals surface area contributed by atoms with E-state index in [-0.39, 0.29) is 12.5 Å². The van der Waals surface area contributed by atoms with E-state index < -0.39 is 0 Å². The number of hydrogen-bond acceptors (Lipinski definition) is 12. The van der Waals surface area contributed by atoms with Crippen molar-refractivity contribution in [3.05, 3.63) is 116 Å². The molecule has 0 saturated heterocycles. The Kier molecular flexibility index (Phi) is 17.5. The molecule has 15 rings (SSSR count). The second kappa shape index (κ2) is 23.6. The van der Waals surface area contributed by atoms with Gasteiger partial charge in [0, 0.05) is 94.3 Å².